The smallest absolute Gasteiger partial charge is 0.203 e. The molecule has 0 spiro atoms. The van der Waals surface area contributed by atoms with Crippen LogP contribution in [0.3, 0.4) is 0 Å². The Morgan fingerprint density at radius 2 is 1.70 bits per heavy atom. The Hall–Kier alpha value is -2.60. The minimum Gasteiger partial charge on any atom is -0.507 e. The van der Waals surface area contributed by atoms with E-state index in [1.807, 2.05) is 26.0 Å². The summed E-state index contributed by atoms with van der Waals surface area (Å²) in [6.07, 6.45) is 0.590. The van der Waals surface area contributed by atoms with Crippen LogP contribution in [0.4, 0.5) is 0 Å². The summed E-state index contributed by atoms with van der Waals surface area (Å²) >= 11 is 6.37. The molecule has 2 N–H and O–H groups in total. The summed E-state index contributed by atoms with van der Waals surface area (Å²) in [5, 5.41) is 15.5. The molecule has 1 aliphatic heterocycles. The fraction of sp³-hybridized carbons (Fsp3) is 0.350. The lowest BCUT2D eigenvalue weighted by atomic mass is 9.94. The number of ether oxygens (including phenoxy) is 3. The highest BCUT2D eigenvalue weighted by atomic mass is 35.5. The predicted molar refractivity (Wildman–Crippen MR) is 106 cm³/mol. The number of benzene rings is 2. The molecule has 0 amide bonds. The third kappa shape index (κ3) is 3.37. The van der Waals surface area contributed by atoms with Crippen molar-refractivity contribution in [3.05, 3.63) is 45.5 Å². The number of nitrogens with zero attached hydrogens (tertiary/aromatic N) is 1. The SMILES string of the molecule is COc1cc(C2CC(c3c(O)cc(C)c(Cl)c3C)=NN2)cc(OC)c1OC. The number of phenols is 1. The Morgan fingerprint density at radius 3 is 2.26 bits per heavy atom. The van der Waals surface area contributed by atoms with E-state index in [0.29, 0.717) is 34.3 Å². The van der Waals surface area contributed by atoms with Gasteiger partial charge in [-0.15, -0.1) is 0 Å². The number of phenolic OH excluding ortho intramolecular Hbond substituents is 1. The molecule has 6 nitrogen and oxygen atoms in total. The maximum atomic E-state index is 10.4. The van der Waals surface area contributed by atoms with E-state index >= 15 is 0 Å². The molecule has 1 heterocycles. The summed E-state index contributed by atoms with van der Waals surface area (Å²) in [6, 6.07) is 5.37. The second kappa shape index (κ2) is 7.56. The van der Waals surface area contributed by atoms with Gasteiger partial charge >= 0.3 is 0 Å². The average molecular weight is 391 g/mol. The summed E-state index contributed by atoms with van der Waals surface area (Å²) in [7, 11) is 4.74. The lowest BCUT2D eigenvalue weighted by Crippen LogP contribution is -2.11. The van der Waals surface area contributed by atoms with Gasteiger partial charge in [-0.25, -0.2) is 0 Å². The van der Waals surface area contributed by atoms with Crippen LogP contribution in [0.2, 0.25) is 5.02 Å². The normalized spacial score (nSPS) is 15.9. The summed E-state index contributed by atoms with van der Waals surface area (Å²) in [4.78, 5) is 0. The van der Waals surface area contributed by atoms with E-state index in [4.69, 9.17) is 25.8 Å². The van der Waals surface area contributed by atoms with Crippen molar-refractivity contribution in [1.29, 1.82) is 0 Å². The van der Waals surface area contributed by atoms with Gasteiger partial charge in [-0.1, -0.05) is 11.6 Å². The van der Waals surface area contributed by atoms with Crippen LogP contribution in [-0.2, 0) is 0 Å². The van der Waals surface area contributed by atoms with Crippen LogP contribution < -0.4 is 19.6 Å². The topological polar surface area (TPSA) is 72.3 Å². The molecule has 27 heavy (non-hydrogen) atoms. The summed E-state index contributed by atoms with van der Waals surface area (Å²) < 4.78 is 16.2. The van der Waals surface area contributed by atoms with Crippen LogP contribution in [-0.4, -0.2) is 32.1 Å². The largest absolute Gasteiger partial charge is 0.507 e. The fourth-order valence-electron chi connectivity index (χ4n) is 3.40. The van der Waals surface area contributed by atoms with Crippen molar-refractivity contribution in [3.8, 4) is 23.0 Å². The maximum absolute atomic E-state index is 10.4. The Balaban J connectivity index is 1.94. The molecule has 0 fully saturated rings. The minimum absolute atomic E-state index is 0.0902. The number of hydrogen-bond acceptors (Lipinski definition) is 6. The second-order valence-electron chi connectivity index (χ2n) is 6.43. The van der Waals surface area contributed by atoms with E-state index < -0.39 is 0 Å². The highest BCUT2D eigenvalue weighted by Gasteiger charge is 2.27. The molecule has 2 aromatic carbocycles. The zero-order valence-electron chi connectivity index (χ0n) is 16.0. The standard InChI is InChI=1S/C20H23ClN2O4/c1-10-6-15(24)18(11(2)19(10)21)14-9-13(22-23-14)12-7-16(25-3)20(27-5)17(8-12)26-4/h6-8,13,22,24H,9H2,1-5H3. The zero-order valence-corrected chi connectivity index (χ0v) is 16.8. The van der Waals surface area contributed by atoms with Crippen LogP contribution in [0.25, 0.3) is 0 Å². The van der Waals surface area contributed by atoms with Gasteiger partial charge in [-0.2, -0.15) is 5.10 Å². The highest BCUT2D eigenvalue weighted by molar-refractivity contribution is 6.32. The van der Waals surface area contributed by atoms with Gasteiger partial charge in [0.05, 0.1) is 33.1 Å². The molecule has 0 saturated carbocycles. The van der Waals surface area contributed by atoms with E-state index in [1.165, 1.54) is 0 Å². The predicted octanol–water partition coefficient (Wildman–Crippen LogP) is 4.13. The molecular weight excluding hydrogens is 368 g/mol. The van der Waals surface area contributed by atoms with Crippen LogP contribution >= 0.6 is 11.6 Å². The minimum atomic E-state index is -0.0902. The third-order valence-corrected chi connectivity index (χ3v) is 5.37. The van der Waals surface area contributed by atoms with Gasteiger partial charge in [0.25, 0.3) is 0 Å². The number of hydrazone groups is 1. The lowest BCUT2D eigenvalue weighted by molar-refractivity contribution is 0.323. The number of methoxy groups -OCH3 is 3. The van der Waals surface area contributed by atoms with E-state index in [1.54, 1.807) is 27.4 Å². The molecule has 2 aromatic rings. The summed E-state index contributed by atoms with van der Waals surface area (Å²) in [5.41, 5.74) is 7.16. The van der Waals surface area contributed by atoms with Crippen molar-refractivity contribution in [2.24, 2.45) is 5.10 Å². The van der Waals surface area contributed by atoms with Gasteiger partial charge in [0.2, 0.25) is 5.75 Å². The van der Waals surface area contributed by atoms with Crippen molar-refractivity contribution in [3.63, 3.8) is 0 Å². The lowest BCUT2D eigenvalue weighted by Gasteiger charge is -2.17. The first-order valence-corrected chi connectivity index (χ1v) is 8.90. The first kappa shape index (κ1) is 19.2. The van der Waals surface area contributed by atoms with Gasteiger partial charge in [0.15, 0.2) is 11.5 Å². The Kier molecular flexibility index (Phi) is 5.37. The van der Waals surface area contributed by atoms with Crippen LogP contribution in [0.15, 0.2) is 23.3 Å². The highest BCUT2D eigenvalue weighted by Crippen LogP contribution is 2.41. The fourth-order valence-corrected chi connectivity index (χ4v) is 3.54. The van der Waals surface area contributed by atoms with E-state index in [0.717, 1.165) is 22.4 Å². The number of nitrogens with one attached hydrogen (secondary N) is 1. The second-order valence-corrected chi connectivity index (χ2v) is 6.81. The molecular formula is C20H23ClN2O4. The van der Waals surface area contributed by atoms with Gasteiger partial charge in [-0.3, -0.25) is 0 Å². The first-order valence-electron chi connectivity index (χ1n) is 8.52. The third-order valence-electron chi connectivity index (χ3n) is 4.79. The molecule has 0 radical (unpaired) electrons. The van der Waals surface area contributed by atoms with Crippen LogP contribution in [0, 0.1) is 13.8 Å². The van der Waals surface area contributed by atoms with Gasteiger partial charge in [-0.05, 0) is 48.7 Å². The van der Waals surface area contributed by atoms with Gasteiger partial charge < -0.3 is 24.7 Å². The Morgan fingerprint density at radius 1 is 1.07 bits per heavy atom. The van der Waals surface area contributed by atoms with Crippen LogP contribution in [0.1, 0.15) is 34.7 Å². The molecule has 0 aromatic heterocycles. The van der Waals surface area contributed by atoms with E-state index in [-0.39, 0.29) is 11.8 Å². The summed E-state index contributed by atoms with van der Waals surface area (Å²) in [5.74, 6) is 1.89. The molecule has 1 atom stereocenters. The van der Waals surface area contributed by atoms with Gasteiger partial charge in [0, 0.05) is 17.0 Å². The van der Waals surface area contributed by atoms with Crippen molar-refractivity contribution < 1.29 is 19.3 Å². The molecule has 0 bridgehead atoms. The zero-order chi connectivity index (χ0) is 19.7. The Bertz CT molecular complexity index is 886. The summed E-state index contributed by atoms with van der Waals surface area (Å²) in [6.45, 7) is 3.76. The Labute approximate surface area is 163 Å². The molecule has 1 unspecified atom stereocenters. The first-order chi connectivity index (χ1) is 12.9. The van der Waals surface area contributed by atoms with Crippen molar-refractivity contribution in [1.82, 2.24) is 5.43 Å². The molecule has 0 aliphatic carbocycles. The van der Waals surface area contributed by atoms with E-state index in [9.17, 15) is 5.11 Å². The molecule has 144 valence electrons. The average Bonchev–Trinajstić information content (AvgIpc) is 3.14. The number of aromatic hydroxyl groups is 1. The number of halogens is 1. The number of rotatable bonds is 5. The number of aryl methyl sites for hydroxylation is 1. The van der Waals surface area contributed by atoms with Crippen molar-refractivity contribution in [2.45, 2.75) is 26.3 Å². The van der Waals surface area contributed by atoms with Gasteiger partial charge in [0.1, 0.15) is 5.75 Å². The number of hydrogen-bond donors (Lipinski definition) is 2. The van der Waals surface area contributed by atoms with Crippen molar-refractivity contribution in [2.75, 3.05) is 21.3 Å². The monoisotopic (exact) mass is 390 g/mol. The molecule has 3 rings (SSSR count). The molecule has 7 heteroatoms. The quantitative estimate of drug-likeness (QED) is 0.803. The van der Waals surface area contributed by atoms with E-state index in [2.05, 4.69) is 10.5 Å². The van der Waals surface area contributed by atoms with Crippen molar-refractivity contribution >= 4 is 17.3 Å². The van der Waals surface area contributed by atoms with Crippen LogP contribution in [0.5, 0.6) is 23.0 Å². The molecule has 0 saturated heterocycles. The molecule has 1 aliphatic rings. The maximum Gasteiger partial charge on any atom is 0.203 e.